The Balaban J connectivity index is 2.75. The minimum atomic E-state index is -0.323. The number of nitrogen functional groups attached to an aromatic ring is 1. The summed E-state index contributed by atoms with van der Waals surface area (Å²) < 4.78 is 6.41. The lowest BCUT2D eigenvalue weighted by atomic mass is 10.1. The third-order valence-electron chi connectivity index (χ3n) is 2.41. The maximum atomic E-state index is 11.3. The first-order chi connectivity index (χ1) is 7.11. The van der Waals surface area contributed by atoms with Gasteiger partial charge in [0.1, 0.15) is 0 Å². The number of benzene rings is 1. The molecule has 1 heterocycles. The summed E-state index contributed by atoms with van der Waals surface area (Å²) in [7, 11) is 1.69. The summed E-state index contributed by atoms with van der Waals surface area (Å²) in [4.78, 5) is 11.3. The third kappa shape index (κ3) is 1.44. The number of rotatable bonds is 1. The van der Waals surface area contributed by atoms with E-state index < -0.39 is 0 Å². The van der Waals surface area contributed by atoms with Crippen LogP contribution in [0.2, 0.25) is 0 Å². The fraction of sp³-hybridized carbons (Fsp3) is 0.182. The SMILES string of the molecule is Cc1c(-c2ccccc2N)n(C)oc1=O. The highest BCUT2D eigenvalue weighted by Crippen LogP contribution is 2.26. The van der Waals surface area contributed by atoms with E-state index in [2.05, 4.69) is 0 Å². The van der Waals surface area contributed by atoms with Gasteiger partial charge in [0.2, 0.25) is 0 Å². The fourth-order valence-electron chi connectivity index (χ4n) is 1.66. The van der Waals surface area contributed by atoms with E-state index in [0.717, 1.165) is 11.3 Å². The summed E-state index contributed by atoms with van der Waals surface area (Å²) in [5.74, 6) is 0. The lowest BCUT2D eigenvalue weighted by Gasteiger charge is -2.05. The average Bonchev–Trinajstić information content (AvgIpc) is 2.43. The molecule has 1 aromatic carbocycles. The number of para-hydroxylation sites is 1. The smallest absolute Gasteiger partial charge is 0.361 e. The molecule has 0 spiro atoms. The first kappa shape index (κ1) is 9.58. The van der Waals surface area contributed by atoms with Crippen molar-refractivity contribution in [1.29, 1.82) is 0 Å². The normalized spacial score (nSPS) is 10.5. The van der Waals surface area contributed by atoms with E-state index in [1.165, 1.54) is 4.74 Å². The highest BCUT2D eigenvalue weighted by atomic mass is 16.5. The second kappa shape index (κ2) is 3.31. The Morgan fingerprint density at radius 3 is 2.53 bits per heavy atom. The van der Waals surface area contributed by atoms with Crippen LogP contribution in [-0.4, -0.2) is 4.74 Å². The van der Waals surface area contributed by atoms with E-state index in [-0.39, 0.29) is 5.63 Å². The Morgan fingerprint density at radius 1 is 1.33 bits per heavy atom. The van der Waals surface area contributed by atoms with E-state index in [1.807, 2.05) is 18.2 Å². The first-order valence-electron chi connectivity index (χ1n) is 4.63. The van der Waals surface area contributed by atoms with Crippen molar-refractivity contribution in [2.24, 2.45) is 7.05 Å². The van der Waals surface area contributed by atoms with Crippen molar-refractivity contribution in [3.63, 3.8) is 0 Å². The predicted molar refractivity (Wildman–Crippen MR) is 58.5 cm³/mol. The zero-order valence-corrected chi connectivity index (χ0v) is 8.65. The van der Waals surface area contributed by atoms with Crippen LogP contribution in [0.15, 0.2) is 33.6 Å². The number of nitrogens with zero attached hydrogens (tertiary/aromatic N) is 1. The van der Waals surface area contributed by atoms with Crippen molar-refractivity contribution in [2.45, 2.75) is 6.92 Å². The van der Waals surface area contributed by atoms with Crippen molar-refractivity contribution < 1.29 is 4.52 Å². The molecule has 2 N–H and O–H groups in total. The Labute approximate surface area is 86.9 Å². The minimum Gasteiger partial charge on any atom is -0.398 e. The van der Waals surface area contributed by atoms with Crippen LogP contribution in [0.25, 0.3) is 11.3 Å². The monoisotopic (exact) mass is 204 g/mol. The number of hydrogen-bond acceptors (Lipinski definition) is 3. The molecule has 2 aromatic rings. The van der Waals surface area contributed by atoms with Gasteiger partial charge in [0, 0.05) is 18.3 Å². The Hall–Kier alpha value is -1.97. The molecule has 0 aliphatic heterocycles. The van der Waals surface area contributed by atoms with Crippen molar-refractivity contribution in [1.82, 2.24) is 4.74 Å². The van der Waals surface area contributed by atoms with Crippen LogP contribution in [0.4, 0.5) is 5.69 Å². The molecule has 0 saturated heterocycles. The van der Waals surface area contributed by atoms with Crippen molar-refractivity contribution in [3.05, 3.63) is 40.2 Å². The fourth-order valence-corrected chi connectivity index (χ4v) is 1.66. The molecule has 78 valence electrons. The largest absolute Gasteiger partial charge is 0.398 e. The van der Waals surface area contributed by atoms with Gasteiger partial charge in [0.05, 0.1) is 11.3 Å². The maximum Gasteiger partial charge on any atom is 0.361 e. The second-order valence-electron chi connectivity index (χ2n) is 3.44. The molecule has 1 aromatic heterocycles. The molecular formula is C11H12N2O2. The Morgan fingerprint density at radius 2 is 2.00 bits per heavy atom. The van der Waals surface area contributed by atoms with Gasteiger partial charge in [-0.2, -0.15) is 0 Å². The summed E-state index contributed by atoms with van der Waals surface area (Å²) >= 11 is 0. The van der Waals surface area contributed by atoms with Gasteiger partial charge in [-0.3, -0.25) is 0 Å². The lowest BCUT2D eigenvalue weighted by Crippen LogP contribution is -1.97. The van der Waals surface area contributed by atoms with Gasteiger partial charge in [-0.1, -0.05) is 18.2 Å². The zero-order valence-electron chi connectivity index (χ0n) is 8.65. The molecule has 2 rings (SSSR count). The van der Waals surface area contributed by atoms with E-state index >= 15 is 0 Å². The second-order valence-corrected chi connectivity index (χ2v) is 3.44. The van der Waals surface area contributed by atoms with Crippen molar-refractivity contribution in [2.75, 3.05) is 5.73 Å². The predicted octanol–water partition coefficient (Wildman–Crippen LogP) is 1.54. The van der Waals surface area contributed by atoms with E-state index in [9.17, 15) is 4.79 Å². The number of nitrogens with two attached hydrogens (primary N) is 1. The molecule has 4 heteroatoms. The van der Waals surface area contributed by atoms with Crippen LogP contribution >= 0.6 is 0 Å². The van der Waals surface area contributed by atoms with Crippen LogP contribution in [0.1, 0.15) is 5.56 Å². The summed E-state index contributed by atoms with van der Waals surface area (Å²) in [6.45, 7) is 1.73. The van der Waals surface area contributed by atoms with Crippen LogP contribution < -0.4 is 11.4 Å². The van der Waals surface area contributed by atoms with E-state index in [4.69, 9.17) is 10.3 Å². The van der Waals surface area contributed by atoms with Crippen LogP contribution in [0, 0.1) is 6.92 Å². The van der Waals surface area contributed by atoms with Gasteiger partial charge >= 0.3 is 5.63 Å². The molecular weight excluding hydrogens is 192 g/mol. The number of aromatic nitrogens is 1. The summed E-state index contributed by atoms with van der Waals surface area (Å²) in [6.07, 6.45) is 0. The quantitative estimate of drug-likeness (QED) is 0.716. The van der Waals surface area contributed by atoms with E-state index in [0.29, 0.717) is 11.3 Å². The molecule has 0 amide bonds. The van der Waals surface area contributed by atoms with Crippen molar-refractivity contribution in [3.8, 4) is 11.3 Å². The number of aryl methyl sites for hydroxylation is 1. The van der Waals surface area contributed by atoms with Crippen LogP contribution in [0.5, 0.6) is 0 Å². The molecule has 0 aliphatic carbocycles. The number of hydrogen-bond donors (Lipinski definition) is 1. The third-order valence-corrected chi connectivity index (χ3v) is 2.41. The topological polar surface area (TPSA) is 61.2 Å². The van der Waals surface area contributed by atoms with Gasteiger partial charge in [0.15, 0.2) is 0 Å². The van der Waals surface area contributed by atoms with Crippen LogP contribution in [0.3, 0.4) is 0 Å². The van der Waals surface area contributed by atoms with Gasteiger partial charge in [0.25, 0.3) is 0 Å². The van der Waals surface area contributed by atoms with Gasteiger partial charge in [-0.25, -0.2) is 9.53 Å². The highest BCUT2D eigenvalue weighted by Gasteiger charge is 2.14. The van der Waals surface area contributed by atoms with Gasteiger partial charge < -0.3 is 10.3 Å². The molecule has 0 aliphatic rings. The van der Waals surface area contributed by atoms with Crippen molar-refractivity contribution >= 4 is 5.69 Å². The lowest BCUT2D eigenvalue weighted by molar-refractivity contribution is 0.288. The summed E-state index contributed by atoms with van der Waals surface area (Å²) in [6, 6.07) is 7.40. The zero-order chi connectivity index (χ0) is 11.0. The molecule has 0 saturated carbocycles. The maximum absolute atomic E-state index is 11.3. The van der Waals surface area contributed by atoms with Gasteiger partial charge in [-0.15, -0.1) is 0 Å². The Bertz CT molecular complexity index is 552. The number of anilines is 1. The molecule has 0 atom stereocenters. The summed E-state index contributed by atoms with van der Waals surface area (Å²) in [5, 5.41) is 0. The first-order valence-corrected chi connectivity index (χ1v) is 4.63. The Kier molecular flexibility index (Phi) is 2.11. The summed E-state index contributed by atoms with van der Waals surface area (Å²) in [5.41, 5.74) is 8.29. The molecule has 0 radical (unpaired) electrons. The minimum absolute atomic E-state index is 0.323. The highest BCUT2D eigenvalue weighted by molar-refractivity contribution is 5.75. The molecule has 4 nitrogen and oxygen atoms in total. The van der Waals surface area contributed by atoms with Crippen LogP contribution in [-0.2, 0) is 7.05 Å². The average molecular weight is 204 g/mol. The molecule has 0 unspecified atom stereocenters. The standard InChI is InChI=1S/C11H12N2O2/c1-7-10(13(2)15-11(7)14)8-5-3-4-6-9(8)12/h3-6H,12H2,1-2H3. The van der Waals surface area contributed by atoms with E-state index in [1.54, 1.807) is 20.0 Å². The molecule has 0 fully saturated rings. The molecule has 0 bridgehead atoms. The van der Waals surface area contributed by atoms with Gasteiger partial charge in [-0.05, 0) is 13.0 Å². The molecule has 15 heavy (non-hydrogen) atoms.